The van der Waals surface area contributed by atoms with E-state index < -0.39 is 28.3 Å². The molecule has 0 aliphatic carbocycles. The molecule has 0 bridgehead atoms. The van der Waals surface area contributed by atoms with Gasteiger partial charge in [-0.3, -0.25) is 14.9 Å². The number of hydrogen-bond acceptors (Lipinski definition) is 3. The molecule has 0 spiro atoms. The Morgan fingerprint density at radius 1 is 1.04 bits per heavy atom. The van der Waals surface area contributed by atoms with Crippen molar-refractivity contribution in [3.63, 3.8) is 0 Å². The van der Waals surface area contributed by atoms with Gasteiger partial charge in [-0.25, -0.2) is 0 Å². The zero-order valence-electron chi connectivity index (χ0n) is 14.9. The first kappa shape index (κ1) is 21.9. The van der Waals surface area contributed by atoms with E-state index >= 15 is 0 Å². The summed E-state index contributed by atoms with van der Waals surface area (Å²) in [6.07, 6.45) is 3.92. The maximum atomic E-state index is 12.8. The number of rotatable bonds is 11. The van der Waals surface area contributed by atoms with Crippen LogP contribution in [0, 0.1) is 10.1 Å². The maximum absolute atomic E-state index is 12.8. The number of nitrogens with one attached hydrogen (secondary N) is 1. The van der Waals surface area contributed by atoms with Gasteiger partial charge < -0.3 is 5.32 Å². The number of carbonyl (C=O) groups is 1. The average molecular weight is 374 g/mol. The standard InChI is InChI=1S/C18H25F3N2O3/c1-2-3-4-5-6-7-8-9-10-22-17(24)14-11-15(18(19,20)21)13-16(12-14)23(25)26/h11-13H,2-10H2,1H3,(H,22,24). The van der Waals surface area contributed by atoms with Crippen molar-refractivity contribution in [3.8, 4) is 0 Å². The Morgan fingerprint density at radius 2 is 1.62 bits per heavy atom. The van der Waals surface area contributed by atoms with Crippen molar-refractivity contribution in [3.05, 3.63) is 39.4 Å². The first-order valence-corrected chi connectivity index (χ1v) is 8.90. The molecule has 8 heteroatoms. The minimum absolute atomic E-state index is 0.331. The van der Waals surface area contributed by atoms with Crippen molar-refractivity contribution in [2.24, 2.45) is 0 Å². The number of hydrogen-bond donors (Lipinski definition) is 1. The molecular weight excluding hydrogens is 349 g/mol. The summed E-state index contributed by atoms with van der Waals surface area (Å²) in [6.45, 7) is 2.49. The number of alkyl halides is 3. The Kier molecular flexibility index (Phi) is 9.09. The highest BCUT2D eigenvalue weighted by Gasteiger charge is 2.33. The first-order valence-electron chi connectivity index (χ1n) is 8.90. The number of carbonyl (C=O) groups excluding carboxylic acids is 1. The normalized spacial score (nSPS) is 11.4. The topological polar surface area (TPSA) is 72.2 Å². The fraction of sp³-hybridized carbons (Fsp3) is 0.611. The van der Waals surface area contributed by atoms with E-state index in [9.17, 15) is 28.1 Å². The number of nitro benzene ring substituents is 1. The van der Waals surface area contributed by atoms with Gasteiger partial charge in [-0.1, -0.05) is 51.9 Å². The van der Waals surface area contributed by atoms with Crippen LogP contribution in [0.15, 0.2) is 18.2 Å². The Labute approximate surface area is 151 Å². The fourth-order valence-corrected chi connectivity index (χ4v) is 2.57. The van der Waals surface area contributed by atoms with Gasteiger partial charge in [0.15, 0.2) is 0 Å². The average Bonchev–Trinajstić information content (AvgIpc) is 2.59. The minimum atomic E-state index is -4.75. The largest absolute Gasteiger partial charge is 0.416 e. The molecule has 0 saturated heterocycles. The smallest absolute Gasteiger partial charge is 0.352 e. The number of unbranched alkanes of at least 4 members (excludes halogenated alkanes) is 7. The second-order valence-electron chi connectivity index (χ2n) is 6.25. The number of amides is 1. The van der Waals surface area contributed by atoms with Gasteiger partial charge in [-0.2, -0.15) is 13.2 Å². The summed E-state index contributed by atoms with van der Waals surface area (Å²) in [5.74, 6) is -0.734. The van der Waals surface area contributed by atoms with Crippen LogP contribution < -0.4 is 5.32 Å². The third kappa shape index (κ3) is 7.84. The van der Waals surface area contributed by atoms with Gasteiger partial charge in [0.1, 0.15) is 0 Å². The third-order valence-corrected chi connectivity index (χ3v) is 4.03. The lowest BCUT2D eigenvalue weighted by molar-refractivity contribution is -0.385. The van der Waals surface area contributed by atoms with Crippen molar-refractivity contribution in [2.45, 2.75) is 64.5 Å². The molecule has 0 radical (unpaired) electrons. The van der Waals surface area contributed by atoms with Gasteiger partial charge in [0.2, 0.25) is 0 Å². The van der Waals surface area contributed by atoms with Crippen molar-refractivity contribution in [1.82, 2.24) is 5.32 Å². The SMILES string of the molecule is CCCCCCCCCCNC(=O)c1cc([N+](=O)[O-])cc(C(F)(F)F)c1. The van der Waals surface area contributed by atoms with Crippen LogP contribution in [0.25, 0.3) is 0 Å². The van der Waals surface area contributed by atoms with Crippen LogP contribution in [-0.4, -0.2) is 17.4 Å². The van der Waals surface area contributed by atoms with Crippen LogP contribution in [0.3, 0.4) is 0 Å². The van der Waals surface area contributed by atoms with E-state index in [1.807, 2.05) is 0 Å². The van der Waals surface area contributed by atoms with Gasteiger partial charge in [-0.05, 0) is 12.5 Å². The molecule has 1 amide bonds. The molecule has 5 nitrogen and oxygen atoms in total. The second kappa shape index (κ2) is 10.8. The lowest BCUT2D eigenvalue weighted by Crippen LogP contribution is -2.25. The van der Waals surface area contributed by atoms with Gasteiger partial charge in [0.05, 0.1) is 10.5 Å². The molecule has 0 unspecified atom stereocenters. The molecule has 0 aliphatic heterocycles. The third-order valence-electron chi connectivity index (χ3n) is 4.03. The van der Waals surface area contributed by atoms with Crippen LogP contribution in [-0.2, 0) is 6.18 Å². The molecule has 0 heterocycles. The number of halogens is 3. The predicted molar refractivity (Wildman–Crippen MR) is 93.0 cm³/mol. The summed E-state index contributed by atoms with van der Waals surface area (Å²) in [5, 5.41) is 13.3. The van der Waals surface area contributed by atoms with Crippen molar-refractivity contribution < 1.29 is 22.9 Å². The quantitative estimate of drug-likeness (QED) is 0.316. The molecule has 0 atom stereocenters. The van der Waals surface area contributed by atoms with Crippen LogP contribution in [0.1, 0.15) is 74.2 Å². The summed E-state index contributed by atoms with van der Waals surface area (Å²) in [5.41, 5.74) is -2.31. The number of non-ortho nitro benzene ring substituents is 1. The summed E-state index contributed by atoms with van der Waals surface area (Å²) >= 11 is 0. The summed E-state index contributed by atoms with van der Waals surface area (Å²) in [4.78, 5) is 21.9. The van der Waals surface area contributed by atoms with Gasteiger partial charge in [0, 0.05) is 24.2 Å². The molecule has 1 aromatic carbocycles. The highest BCUT2D eigenvalue weighted by Crippen LogP contribution is 2.32. The van der Waals surface area contributed by atoms with Gasteiger partial charge in [-0.15, -0.1) is 0 Å². The molecule has 1 aromatic rings. The zero-order valence-corrected chi connectivity index (χ0v) is 14.9. The van der Waals surface area contributed by atoms with E-state index in [1.54, 1.807) is 0 Å². The second-order valence-corrected chi connectivity index (χ2v) is 6.25. The molecule has 0 fully saturated rings. The van der Waals surface area contributed by atoms with Gasteiger partial charge in [0.25, 0.3) is 11.6 Å². The van der Waals surface area contributed by atoms with E-state index in [4.69, 9.17) is 0 Å². The van der Waals surface area contributed by atoms with Crippen molar-refractivity contribution in [2.75, 3.05) is 6.54 Å². The summed E-state index contributed by atoms with van der Waals surface area (Å²) < 4.78 is 38.5. The number of nitro groups is 1. The number of benzene rings is 1. The molecule has 0 aromatic heterocycles. The lowest BCUT2D eigenvalue weighted by Gasteiger charge is -2.10. The predicted octanol–water partition coefficient (Wildman–Crippen LogP) is 5.48. The number of nitrogens with zero attached hydrogens (tertiary/aromatic N) is 1. The van der Waals surface area contributed by atoms with E-state index in [1.165, 1.54) is 25.7 Å². The maximum Gasteiger partial charge on any atom is 0.416 e. The van der Waals surface area contributed by atoms with E-state index in [-0.39, 0.29) is 5.56 Å². The zero-order chi connectivity index (χ0) is 19.6. The lowest BCUT2D eigenvalue weighted by atomic mass is 10.1. The Balaban J connectivity index is 2.49. The molecular formula is C18H25F3N2O3. The first-order chi connectivity index (χ1) is 12.3. The monoisotopic (exact) mass is 374 g/mol. The summed E-state index contributed by atoms with van der Waals surface area (Å²) in [6, 6.07) is 1.92. The molecule has 0 aliphatic rings. The van der Waals surface area contributed by atoms with Crippen LogP contribution in [0.4, 0.5) is 18.9 Å². The van der Waals surface area contributed by atoms with Crippen LogP contribution >= 0.6 is 0 Å². The van der Waals surface area contributed by atoms with E-state index in [0.29, 0.717) is 18.7 Å². The van der Waals surface area contributed by atoms with E-state index in [0.717, 1.165) is 31.7 Å². The Hall–Kier alpha value is -2.12. The Morgan fingerprint density at radius 3 is 2.15 bits per heavy atom. The van der Waals surface area contributed by atoms with Gasteiger partial charge >= 0.3 is 6.18 Å². The highest BCUT2D eigenvalue weighted by molar-refractivity contribution is 5.95. The fourth-order valence-electron chi connectivity index (χ4n) is 2.57. The van der Waals surface area contributed by atoms with Crippen molar-refractivity contribution in [1.29, 1.82) is 0 Å². The minimum Gasteiger partial charge on any atom is -0.352 e. The molecule has 146 valence electrons. The van der Waals surface area contributed by atoms with Crippen LogP contribution in [0.5, 0.6) is 0 Å². The highest BCUT2D eigenvalue weighted by atomic mass is 19.4. The molecule has 0 saturated carbocycles. The molecule has 1 rings (SSSR count). The Bertz CT molecular complexity index is 604. The van der Waals surface area contributed by atoms with E-state index in [2.05, 4.69) is 12.2 Å². The van der Waals surface area contributed by atoms with Crippen molar-refractivity contribution >= 4 is 11.6 Å². The summed E-state index contributed by atoms with van der Waals surface area (Å²) in [7, 11) is 0. The molecule has 26 heavy (non-hydrogen) atoms. The molecule has 1 N–H and O–H groups in total. The van der Waals surface area contributed by atoms with Crippen LogP contribution in [0.2, 0.25) is 0 Å².